The van der Waals surface area contributed by atoms with Crippen LogP contribution in [0, 0.1) is 12.7 Å². The van der Waals surface area contributed by atoms with E-state index in [-0.39, 0.29) is 29.4 Å². The Morgan fingerprint density at radius 3 is 2.41 bits per heavy atom. The molecular weight excluding hydrogens is 345 g/mol. The third kappa shape index (κ3) is 3.53. The third-order valence-electron chi connectivity index (χ3n) is 5.92. The Hall–Kier alpha value is -2.50. The molecule has 1 aromatic heterocycles. The molecule has 6 heteroatoms. The zero-order valence-corrected chi connectivity index (χ0v) is 15.5. The molecule has 0 saturated heterocycles. The molecule has 0 atom stereocenters. The molecule has 2 saturated carbocycles. The monoisotopic (exact) mass is 369 g/mol. The lowest BCUT2D eigenvalue weighted by atomic mass is 9.89. The van der Waals surface area contributed by atoms with Crippen LogP contribution in [0.15, 0.2) is 41.2 Å². The van der Waals surface area contributed by atoms with E-state index in [0.29, 0.717) is 0 Å². The van der Waals surface area contributed by atoms with E-state index in [9.17, 15) is 14.0 Å². The van der Waals surface area contributed by atoms with Crippen molar-refractivity contribution < 1.29 is 9.18 Å². The average molecular weight is 369 g/mol. The second-order valence-corrected chi connectivity index (χ2v) is 7.83. The third-order valence-corrected chi connectivity index (χ3v) is 5.92. The van der Waals surface area contributed by atoms with Crippen molar-refractivity contribution in [1.82, 2.24) is 15.1 Å². The van der Waals surface area contributed by atoms with E-state index in [4.69, 9.17) is 0 Å². The molecular formula is C21H24FN3O2. The van der Waals surface area contributed by atoms with Gasteiger partial charge in [-0.1, -0.05) is 12.1 Å². The number of halogens is 1. The maximum Gasteiger partial charge on any atom is 0.267 e. The zero-order valence-electron chi connectivity index (χ0n) is 15.5. The van der Waals surface area contributed by atoms with Crippen molar-refractivity contribution >= 4 is 5.91 Å². The molecule has 1 heterocycles. The minimum absolute atomic E-state index is 0.0448. The summed E-state index contributed by atoms with van der Waals surface area (Å²) >= 11 is 0. The Balaban J connectivity index is 1.38. The Kier molecular flexibility index (Phi) is 4.58. The first-order valence-electron chi connectivity index (χ1n) is 9.61. The van der Waals surface area contributed by atoms with E-state index >= 15 is 0 Å². The van der Waals surface area contributed by atoms with Gasteiger partial charge in [0.2, 0.25) is 5.91 Å². The largest absolute Gasteiger partial charge is 0.353 e. The highest BCUT2D eigenvalue weighted by molar-refractivity contribution is 5.91. The van der Waals surface area contributed by atoms with Gasteiger partial charge in [0, 0.05) is 12.1 Å². The molecule has 0 spiro atoms. The standard InChI is InChI=1S/C21H24FN3O2/c1-14-2-11-19(26)25(24-14)18-9-7-17(8-10-18)23-20(27)21(12-13-21)15-3-5-16(22)6-4-15/h2-6,11,17-18H,7-10,12-13H2,1H3,(H,23,27). The van der Waals surface area contributed by atoms with Crippen LogP contribution in [0.5, 0.6) is 0 Å². The fourth-order valence-electron chi connectivity index (χ4n) is 4.11. The lowest BCUT2D eigenvalue weighted by molar-refractivity contribution is -0.124. The van der Waals surface area contributed by atoms with Gasteiger partial charge in [-0.05, 0) is 69.2 Å². The van der Waals surface area contributed by atoms with Crippen LogP contribution in [0.1, 0.15) is 55.8 Å². The summed E-state index contributed by atoms with van der Waals surface area (Å²) in [6.45, 7) is 1.88. The van der Waals surface area contributed by atoms with Crippen LogP contribution in [0.3, 0.4) is 0 Å². The van der Waals surface area contributed by atoms with Gasteiger partial charge in [0.05, 0.1) is 17.2 Å². The minimum atomic E-state index is -0.487. The number of hydrogen-bond donors (Lipinski definition) is 1. The number of rotatable bonds is 4. The van der Waals surface area contributed by atoms with E-state index in [1.54, 1.807) is 28.9 Å². The van der Waals surface area contributed by atoms with E-state index in [0.717, 1.165) is 49.8 Å². The number of nitrogens with zero attached hydrogens (tertiary/aromatic N) is 2. The number of aryl methyl sites for hydroxylation is 1. The van der Waals surface area contributed by atoms with Crippen molar-refractivity contribution in [3.05, 3.63) is 63.8 Å². The van der Waals surface area contributed by atoms with Gasteiger partial charge in [0.25, 0.3) is 5.56 Å². The van der Waals surface area contributed by atoms with Gasteiger partial charge in [-0.2, -0.15) is 5.10 Å². The van der Waals surface area contributed by atoms with Gasteiger partial charge in [-0.15, -0.1) is 0 Å². The Morgan fingerprint density at radius 2 is 1.78 bits per heavy atom. The Labute approximate surface area is 157 Å². The molecule has 1 N–H and O–H groups in total. The number of benzene rings is 1. The lowest BCUT2D eigenvalue weighted by Gasteiger charge is -2.30. The van der Waals surface area contributed by atoms with Gasteiger partial charge < -0.3 is 5.32 Å². The molecule has 2 aromatic rings. The summed E-state index contributed by atoms with van der Waals surface area (Å²) in [4.78, 5) is 24.9. The number of aromatic nitrogens is 2. The van der Waals surface area contributed by atoms with Crippen molar-refractivity contribution in [2.75, 3.05) is 0 Å². The molecule has 2 fully saturated rings. The van der Waals surface area contributed by atoms with Gasteiger partial charge in [0.15, 0.2) is 0 Å². The van der Waals surface area contributed by atoms with E-state index in [1.165, 1.54) is 12.1 Å². The van der Waals surface area contributed by atoms with E-state index in [1.807, 2.05) is 6.92 Å². The topological polar surface area (TPSA) is 64.0 Å². The van der Waals surface area contributed by atoms with Crippen molar-refractivity contribution in [1.29, 1.82) is 0 Å². The van der Waals surface area contributed by atoms with Crippen LogP contribution in [0.25, 0.3) is 0 Å². The molecule has 2 aliphatic carbocycles. The van der Waals surface area contributed by atoms with Crippen LogP contribution in [0.2, 0.25) is 0 Å². The Bertz CT molecular complexity index is 894. The fourth-order valence-corrected chi connectivity index (χ4v) is 4.11. The maximum absolute atomic E-state index is 13.2. The SMILES string of the molecule is Cc1ccc(=O)n(C2CCC(NC(=O)C3(c4ccc(F)cc4)CC3)CC2)n1. The average Bonchev–Trinajstić information content (AvgIpc) is 3.47. The first-order valence-corrected chi connectivity index (χ1v) is 9.61. The van der Waals surface area contributed by atoms with Gasteiger partial charge in [-0.25, -0.2) is 9.07 Å². The fraction of sp³-hybridized carbons (Fsp3) is 0.476. The predicted octanol–water partition coefficient (Wildman–Crippen LogP) is 3.02. The molecule has 142 valence electrons. The number of carbonyl (C=O) groups excluding carboxylic acids is 1. The highest BCUT2D eigenvalue weighted by Gasteiger charge is 2.51. The number of amides is 1. The summed E-state index contributed by atoms with van der Waals surface area (Å²) in [5.74, 6) is -0.239. The summed E-state index contributed by atoms with van der Waals surface area (Å²) in [5.41, 5.74) is 1.17. The van der Waals surface area contributed by atoms with Crippen LogP contribution in [-0.2, 0) is 10.2 Å². The van der Waals surface area contributed by atoms with Crippen LogP contribution in [-0.4, -0.2) is 21.7 Å². The van der Waals surface area contributed by atoms with Crippen molar-refractivity contribution in [3.8, 4) is 0 Å². The summed E-state index contributed by atoms with van der Waals surface area (Å²) in [7, 11) is 0. The molecule has 5 nitrogen and oxygen atoms in total. The van der Waals surface area contributed by atoms with Crippen LogP contribution in [0.4, 0.5) is 4.39 Å². The first-order chi connectivity index (χ1) is 13.0. The number of carbonyl (C=O) groups is 1. The molecule has 2 aliphatic rings. The summed E-state index contributed by atoms with van der Waals surface area (Å²) in [6, 6.07) is 9.78. The summed E-state index contributed by atoms with van der Waals surface area (Å²) in [6.07, 6.45) is 4.93. The zero-order chi connectivity index (χ0) is 19.0. The Morgan fingerprint density at radius 1 is 1.11 bits per heavy atom. The number of nitrogens with one attached hydrogen (secondary N) is 1. The van der Waals surface area contributed by atoms with Crippen LogP contribution < -0.4 is 10.9 Å². The quantitative estimate of drug-likeness (QED) is 0.901. The molecule has 0 radical (unpaired) electrons. The predicted molar refractivity (Wildman–Crippen MR) is 100.0 cm³/mol. The first kappa shape index (κ1) is 17.9. The lowest BCUT2D eigenvalue weighted by Crippen LogP contribution is -2.44. The van der Waals surface area contributed by atoms with Crippen LogP contribution >= 0.6 is 0 Å². The molecule has 4 rings (SSSR count). The number of hydrogen-bond acceptors (Lipinski definition) is 3. The molecule has 1 amide bonds. The van der Waals surface area contributed by atoms with Gasteiger partial charge >= 0.3 is 0 Å². The van der Waals surface area contributed by atoms with E-state index < -0.39 is 5.41 Å². The second kappa shape index (κ2) is 6.91. The molecule has 1 aromatic carbocycles. The highest BCUT2D eigenvalue weighted by Crippen LogP contribution is 2.48. The van der Waals surface area contributed by atoms with Crippen molar-refractivity contribution in [2.24, 2.45) is 0 Å². The summed E-state index contributed by atoms with van der Waals surface area (Å²) in [5, 5.41) is 7.56. The highest BCUT2D eigenvalue weighted by atomic mass is 19.1. The maximum atomic E-state index is 13.2. The molecule has 0 bridgehead atoms. The summed E-state index contributed by atoms with van der Waals surface area (Å²) < 4.78 is 14.8. The van der Waals surface area contributed by atoms with Gasteiger partial charge in [-0.3, -0.25) is 9.59 Å². The molecule has 0 aliphatic heterocycles. The molecule has 0 unspecified atom stereocenters. The normalized spacial score (nSPS) is 23.6. The van der Waals surface area contributed by atoms with Crippen molar-refractivity contribution in [2.45, 2.75) is 62.9 Å². The van der Waals surface area contributed by atoms with Crippen molar-refractivity contribution in [3.63, 3.8) is 0 Å². The second-order valence-electron chi connectivity index (χ2n) is 7.83. The van der Waals surface area contributed by atoms with E-state index in [2.05, 4.69) is 10.4 Å². The van der Waals surface area contributed by atoms with Gasteiger partial charge in [0.1, 0.15) is 5.82 Å². The molecule has 27 heavy (non-hydrogen) atoms. The smallest absolute Gasteiger partial charge is 0.267 e. The minimum Gasteiger partial charge on any atom is -0.353 e.